The molecule has 184 valence electrons. The van der Waals surface area contributed by atoms with Gasteiger partial charge in [-0.2, -0.15) is 0 Å². The number of carbonyl (C=O) groups is 1. The molecule has 1 N–H and O–H groups in total. The summed E-state index contributed by atoms with van der Waals surface area (Å²) < 4.78 is 1.66. The van der Waals surface area contributed by atoms with Crippen molar-refractivity contribution in [2.24, 2.45) is 0 Å². The molecule has 2 aliphatic rings. The van der Waals surface area contributed by atoms with E-state index < -0.39 is 6.10 Å². The van der Waals surface area contributed by atoms with Gasteiger partial charge in [0.05, 0.1) is 12.6 Å². The Balaban J connectivity index is 1.29. The first-order valence-electron chi connectivity index (χ1n) is 12.5. The van der Waals surface area contributed by atoms with Crippen molar-refractivity contribution in [2.75, 3.05) is 44.2 Å². The number of aryl methyl sites for hydroxylation is 1. The standard InChI is InChI=1S/C28H34N4O3/c1-20-16-32(19-25(34)18-29-10-9-22-5-3-4-6-23(22)17-29)28(35)26-8-7-24(15-27(20)26)31-13-11-30(12-14-31)21(2)33/h3-8,15-16,25,34H,9-14,17-19H2,1-2H3/t25-/m1/s1. The molecule has 1 fully saturated rings. The lowest BCUT2D eigenvalue weighted by molar-refractivity contribution is -0.129. The first-order chi connectivity index (χ1) is 16.9. The summed E-state index contributed by atoms with van der Waals surface area (Å²) in [5, 5.41) is 12.4. The fourth-order valence-corrected chi connectivity index (χ4v) is 5.47. The third-order valence-corrected chi connectivity index (χ3v) is 7.44. The Kier molecular flexibility index (Phi) is 6.62. The van der Waals surface area contributed by atoms with E-state index >= 15 is 0 Å². The Morgan fingerprint density at radius 3 is 2.46 bits per heavy atom. The number of aliphatic hydroxyl groups is 1. The summed E-state index contributed by atoms with van der Waals surface area (Å²) in [5.41, 5.74) is 4.73. The molecule has 1 aromatic heterocycles. The summed E-state index contributed by atoms with van der Waals surface area (Å²) in [4.78, 5) is 31.3. The molecule has 0 aliphatic carbocycles. The minimum Gasteiger partial charge on any atom is -0.390 e. The van der Waals surface area contributed by atoms with Crippen molar-refractivity contribution < 1.29 is 9.90 Å². The van der Waals surface area contributed by atoms with E-state index in [0.29, 0.717) is 25.0 Å². The van der Waals surface area contributed by atoms with Gasteiger partial charge in [-0.25, -0.2) is 0 Å². The first kappa shape index (κ1) is 23.6. The van der Waals surface area contributed by atoms with Gasteiger partial charge in [-0.1, -0.05) is 24.3 Å². The molecule has 0 spiro atoms. The fourth-order valence-electron chi connectivity index (χ4n) is 5.47. The summed E-state index contributed by atoms with van der Waals surface area (Å²) in [7, 11) is 0. The predicted octanol–water partition coefficient (Wildman–Crippen LogP) is 2.40. The van der Waals surface area contributed by atoms with Gasteiger partial charge in [0, 0.05) is 70.0 Å². The minimum atomic E-state index is -0.619. The van der Waals surface area contributed by atoms with Gasteiger partial charge < -0.3 is 19.5 Å². The van der Waals surface area contributed by atoms with Crippen molar-refractivity contribution in [3.05, 3.63) is 75.7 Å². The number of anilines is 1. The zero-order valence-corrected chi connectivity index (χ0v) is 20.6. The van der Waals surface area contributed by atoms with Gasteiger partial charge >= 0.3 is 0 Å². The Bertz CT molecular complexity index is 1290. The smallest absolute Gasteiger partial charge is 0.258 e. The van der Waals surface area contributed by atoms with Crippen LogP contribution in [0, 0.1) is 6.92 Å². The van der Waals surface area contributed by atoms with Gasteiger partial charge in [0.15, 0.2) is 0 Å². The second kappa shape index (κ2) is 9.84. The van der Waals surface area contributed by atoms with E-state index in [1.165, 1.54) is 11.1 Å². The summed E-state index contributed by atoms with van der Waals surface area (Å²) in [6.45, 7) is 9.22. The Labute approximate surface area is 206 Å². The number of fused-ring (bicyclic) bond motifs is 2. The van der Waals surface area contributed by atoms with Gasteiger partial charge in [0.25, 0.3) is 5.56 Å². The summed E-state index contributed by atoms with van der Waals surface area (Å²) in [5.74, 6) is 0.117. The Hall–Kier alpha value is -3.16. The number of piperazine rings is 1. The molecule has 35 heavy (non-hydrogen) atoms. The molecule has 7 heteroatoms. The molecular weight excluding hydrogens is 440 g/mol. The molecule has 1 saturated heterocycles. The van der Waals surface area contributed by atoms with E-state index in [0.717, 1.165) is 49.2 Å². The number of hydrogen-bond acceptors (Lipinski definition) is 5. The van der Waals surface area contributed by atoms with E-state index in [4.69, 9.17) is 0 Å². The number of β-amino-alcohol motifs (C(OH)–C–C–N with tert-alkyl or cyclic N) is 1. The largest absolute Gasteiger partial charge is 0.390 e. The highest BCUT2D eigenvalue weighted by molar-refractivity contribution is 5.88. The molecule has 1 atom stereocenters. The average molecular weight is 475 g/mol. The highest BCUT2D eigenvalue weighted by Crippen LogP contribution is 2.24. The molecule has 0 bridgehead atoms. The molecule has 0 unspecified atom stereocenters. The SMILES string of the molecule is CC(=O)N1CCN(c2ccc3c(=O)n(C[C@H](O)CN4CCc5ccccc5C4)cc(C)c3c2)CC1. The molecule has 1 amide bonds. The lowest BCUT2D eigenvalue weighted by Gasteiger charge is -2.35. The number of carbonyl (C=O) groups excluding carboxylic acids is 1. The van der Waals surface area contributed by atoms with Crippen LogP contribution in [-0.2, 0) is 24.3 Å². The maximum atomic E-state index is 13.3. The maximum absolute atomic E-state index is 13.3. The van der Waals surface area contributed by atoms with Crippen LogP contribution in [0.2, 0.25) is 0 Å². The monoisotopic (exact) mass is 474 g/mol. The van der Waals surface area contributed by atoms with Gasteiger partial charge in [0.2, 0.25) is 5.91 Å². The van der Waals surface area contributed by atoms with Crippen LogP contribution in [0.4, 0.5) is 5.69 Å². The van der Waals surface area contributed by atoms with Gasteiger partial charge in [0.1, 0.15) is 0 Å². The van der Waals surface area contributed by atoms with Crippen LogP contribution >= 0.6 is 0 Å². The van der Waals surface area contributed by atoms with Crippen molar-refractivity contribution in [1.82, 2.24) is 14.4 Å². The molecule has 2 aliphatic heterocycles. The number of amides is 1. The average Bonchev–Trinajstić information content (AvgIpc) is 2.87. The number of hydrogen-bond donors (Lipinski definition) is 1. The van der Waals surface area contributed by atoms with Gasteiger partial charge in [-0.05, 0) is 53.6 Å². The van der Waals surface area contributed by atoms with Crippen LogP contribution < -0.4 is 10.5 Å². The van der Waals surface area contributed by atoms with Crippen molar-refractivity contribution in [3.8, 4) is 0 Å². The Morgan fingerprint density at radius 2 is 1.71 bits per heavy atom. The molecule has 3 heterocycles. The Morgan fingerprint density at radius 1 is 0.971 bits per heavy atom. The fraction of sp³-hybridized carbons (Fsp3) is 0.429. The van der Waals surface area contributed by atoms with Gasteiger partial charge in [-0.15, -0.1) is 0 Å². The van der Waals surface area contributed by atoms with E-state index in [-0.39, 0.29) is 18.0 Å². The molecule has 0 saturated carbocycles. The summed E-state index contributed by atoms with van der Waals surface area (Å²) in [6, 6.07) is 14.5. The highest BCUT2D eigenvalue weighted by Gasteiger charge is 2.21. The molecule has 0 radical (unpaired) electrons. The second-order valence-corrected chi connectivity index (χ2v) is 9.90. The third-order valence-electron chi connectivity index (χ3n) is 7.44. The molecule has 7 nitrogen and oxygen atoms in total. The predicted molar refractivity (Wildman–Crippen MR) is 139 cm³/mol. The van der Waals surface area contributed by atoms with E-state index in [2.05, 4.69) is 40.1 Å². The zero-order chi connectivity index (χ0) is 24.5. The second-order valence-electron chi connectivity index (χ2n) is 9.90. The van der Waals surface area contributed by atoms with Crippen LogP contribution in [0.5, 0.6) is 0 Å². The number of nitrogens with zero attached hydrogens (tertiary/aromatic N) is 4. The van der Waals surface area contributed by atoms with Crippen molar-refractivity contribution in [3.63, 3.8) is 0 Å². The van der Waals surface area contributed by atoms with Gasteiger partial charge in [-0.3, -0.25) is 14.5 Å². The number of pyridine rings is 1. The number of aromatic nitrogens is 1. The molecule has 5 rings (SSSR count). The van der Waals surface area contributed by atoms with Crippen molar-refractivity contribution >= 4 is 22.4 Å². The lowest BCUT2D eigenvalue weighted by atomic mass is 10.00. The van der Waals surface area contributed by atoms with Crippen LogP contribution in [0.1, 0.15) is 23.6 Å². The summed E-state index contributed by atoms with van der Waals surface area (Å²) >= 11 is 0. The van der Waals surface area contributed by atoms with Crippen LogP contribution in [0.3, 0.4) is 0 Å². The topological polar surface area (TPSA) is 69.0 Å². The lowest BCUT2D eigenvalue weighted by Crippen LogP contribution is -2.48. The van der Waals surface area contributed by atoms with E-state index in [9.17, 15) is 14.7 Å². The minimum absolute atomic E-state index is 0.0680. The van der Waals surface area contributed by atoms with Crippen molar-refractivity contribution in [1.29, 1.82) is 0 Å². The van der Waals surface area contributed by atoms with Crippen LogP contribution in [0.25, 0.3) is 10.8 Å². The molecular formula is C28H34N4O3. The quantitative estimate of drug-likeness (QED) is 0.615. The van der Waals surface area contributed by atoms with E-state index in [1.807, 2.05) is 30.2 Å². The molecule has 2 aromatic carbocycles. The third kappa shape index (κ3) is 4.97. The number of benzene rings is 2. The number of rotatable bonds is 5. The maximum Gasteiger partial charge on any atom is 0.258 e. The van der Waals surface area contributed by atoms with Crippen LogP contribution in [0.15, 0.2) is 53.5 Å². The normalized spacial score (nSPS) is 17.5. The molecule has 3 aromatic rings. The van der Waals surface area contributed by atoms with E-state index in [1.54, 1.807) is 11.5 Å². The summed E-state index contributed by atoms with van der Waals surface area (Å²) in [6.07, 6.45) is 2.24. The van der Waals surface area contributed by atoms with Crippen molar-refractivity contribution in [2.45, 2.75) is 39.5 Å². The zero-order valence-electron chi connectivity index (χ0n) is 20.6. The van der Waals surface area contributed by atoms with Crippen LogP contribution in [-0.4, -0.2) is 70.8 Å². The first-order valence-corrected chi connectivity index (χ1v) is 12.5. The number of aliphatic hydroxyl groups excluding tert-OH is 1. The highest BCUT2D eigenvalue weighted by atomic mass is 16.3.